The Morgan fingerprint density at radius 2 is 2.11 bits per heavy atom. The van der Waals surface area contributed by atoms with Crippen LogP contribution in [-0.4, -0.2) is 33.9 Å². The summed E-state index contributed by atoms with van der Waals surface area (Å²) in [5, 5.41) is 2.70. The van der Waals surface area contributed by atoms with Crippen LogP contribution in [0.1, 0.15) is 29.8 Å². The summed E-state index contributed by atoms with van der Waals surface area (Å²) in [7, 11) is 0. The molecule has 0 aliphatic carbocycles. The maximum Gasteiger partial charge on any atom is 0.273 e. The minimum Gasteiger partial charge on any atom is -0.337 e. The van der Waals surface area contributed by atoms with Gasteiger partial charge in [0.2, 0.25) is 0 Å². The van der Waals surface area contributed by atoms with Crippen molar-refractivity contribution in [2.24, 2.45) is 0 Å². The maximum absolute atomic E-state index is 12.3. The van der Waals surface area contributed by atoms with E-state index in [1.165, 1.54) is 17.8 Å². The number of amides is 1. The Morgan fingerprint density at radius 3 is 2.84 bits per heavy atom. The minimum absolute atomic E-state index is 0.0612. The first-order chi connectivity index (χ1) is 9.34. The van der Waals surface area contributed by atoms with Crippen LogP contribution in [0, 0.1) is 0 Å². The van der Waals surface area contributed by atoms with Gasteiger partial charge in [0.05, 0.1) is 0 Å². The normalized spacial score (nSPS) is 15.5. The Kier molecular flexibility index (Phi) is 3.55. The van der Waals surface area contributed by atoms with Gasteiger partial charge in [-0.15, -0.1) is 11.3 Å². The first kappa shape index (κ1) is 12.3. The Hall–Kier alpha value is -1.75. The van der Waals surface area contributed by atoms with E-state index in [2.05, 4.69) is 9.97 Å². The molecule has 0 saturated carbocycles. The van der Waals surface area contributed by atoms with E-state index in [0.717, 1.165) is 36.5 Å². The number of nitrogens with zero attached hydrogens (tertiary/aromatic N) is 3. The van der Waals surface area contributed by atoms with E-state index in [0.29, 0.717) is 5.69 Å². The molecule has 5 heteroatoms. The van der Waals surface area contributed by atoms with Crippen LogP contribution < -0.4 is 0 Å². The van der Waals surface area contributed by atoms with Crippen molar-refractivity contribution < 1.29 is 4.79 Å². The molecular formula is C14H15N3OS. The van der Waals surface area contributed by atoms with Gasteiger partial charge in [-0.05, 0) is 31.4 Å². The van der Waals surface area contributed by atoms with Gasteiger partial charge in [0, 0.05) is 36.4 Å². The molecule has 4 nitrogen and oxygen atoms in total. The number of thiazole rings is 1. The van der Waals surface area contributed by atoms with Gasteiger partial charge in [0.15, 0.2) is 0 Å². The third-order valence-electron chi connectivity index (χ3n) is 3.28. The summed E-state index contributed by atoms with van der Waals surface area (Å²) in [4.78, 5) is 22.7. The van der Waals surface area contributed by atoms with Gasteiger partial charge < -0.3 is 4.90 Å². The number of pyridine rings is 1. The molecule has 3 heterocycles. The van der Waals surface area contributed by atoms with Crippen molar-refractivity contribution in [3.63, 3.8) is 0 Å². The second-order valence-corrected chi connectivity index (χ2v) is 5.49. The highest BCUT2D eigenvalue weighted by Crippen LogP contribution is 2.23. The van der Waals surface area contributed by atoms with Crippen LogP contribution >= 0.6 is 11.3 Å². The fourth-order valence-corrected chi connectivity index (χ4v) is 3.04. The van der Waals surface area contributed by atoms with Crippen molar-refractivity contribution in [2.75, 3.05) is 13.1 Å². The number of aromatic nitrogens is 2. The molecule has 1 fully saturated rings. The lowest BCUT2D eigenvalue weighted by Crippen LogP contribution is -2.35. The van der Waals surface area contributed by atoms with Crippen LogP contribution in [0.5, 0.6) is 0 Å². The number of hydrogen-bond donors (Lipinski definition) is 0. The highest BCUT2D eigenvalue weighted by molar-refractivity contribution is 7.13. The van der Waals surface area contributed by atoms with Crippen LogP contribution in [0.3, 0.4) is 0 Å². The highest BCUT2D eigenvalue weighted by atomic mass is 32.1. The summed E-state index contributed by atoms with van der Waals surface area (Å²) >= 11 is 1.50. The predicted molar refractivity (Wildman–Crippen MR) is 75.1 cm³/mol. The lowest BCUT2D eigenvalue weighted by atomic mass is 10.1. The van der Waals surface area contributed by atoms with Crippen LogP contribution in [0.25, 0.3) is 10.6 Å². The summed E-state index contributed by atoms with van der Waals surface area (Å²) in [6.07, 6.45) is 6.93. The summed E-state index contributed by atoms with van der Waals surface area (Å²) in [5.74, 6) is 0.0612. The largest absolute Gasteiger partial charge is 0.337 e. The lowest BCUT2D eigenvalue weighted by Gasteiger charge is -2.25. The van der Waals surface area contributed by atoms with E-state index in [-0.39, 0.29) is 5.91 Å². The Labute approximate surface area is 116 Å². The van der Waals surface area contributed by atoms with Crippen LogP contribution in [-0.2, 0) is 0 Å². The van der Waals surface area contributed by atoms with Gasteiger partial charge in [-0.25, -0.2) is 4.98 Å². The molecule has 1 aliphatic heterocycles. The van der Waals surface area contributed by atoms with E-state index >= 15 is 0 Å². The first-order valence-electron chi connectivity index (χ1n) is 6.50. The number of piperidine rings is 1. The van der Waals surface area contributed by atoms with Crippen LogP contribution in [0.15, 0.2) is 29.9 Å². The third-order valence-corrected chi connectivity index (χ3v) is 4.17. The Morgan fingerprint density at radius 1 is 1.26 bits per heavy atom. The molecule has 1 aliphatic rings. The number of likely N-dealkylation sites (tertiary alicyclic amines) is 1. The van der Waals surface area contributed by atoms with Gasteiger partial charge in [0.1, 0.15) is 10.7 Å². The monoisotopic (exact) mass is 273 g/mol. The van der Waals surface area contributed by atoms with E-state index < -0.39 is 0 Å². The summed E-state index contributed by atoms with van der Waals surface area (Å²) in [5.41, 5.74) is 1.52. The van der Waals surface area contributed by atoms with Gasteiger partial charge >= 0.3 is 0 Å². The second kappa shape index (κ2) is 5.48. The van der Waals surface area contributed by atoms with Crippen molar-refractivity contribution in [1.82, 2.24) is 14.9 Å². The fraction of sp³-hybridized carbons (Fsp3) is 0.357. The first-order valence-corrected chi connectivity index (χ1v) is 7.38. The average Bonchev–Trinajstić information content (AvgIpc) is 2.98. The number of carbonyl (C=O) groups is 1. The molecule has 0 N–H and O–H groups in total. The predicted octanol–water partition coefficient (Wildman–Crippen LogP) is 2.83. The summed E-state index contributed by atoms with van der Waals surface area (Å²) in [6.45, 7) is 1.72. The summed E-state index contributed by atoms with van der Waals surface area (Å²) in [6, 6.07) is 3.84. The fourth-order valence-electron chi connectivity index (χ4n) is 2.25. The molecule has 2 aromatic rings. The van der Waals surface area contributed by atoms with Crippen molar-refractivity contribution in [3.05, 3.63) is 35.6 Å². The molecule has 0 unspecified atom stereocenters. The number of rotatable bonds is 2. The topological polar surface area (TPSA) is 46.1 Å². The Balaban J connectivity index is 1.79. The van der Waals surface area contributed by atoms with Crippen molar-refractivity contribution in [2.45, 2.75) is 19.3 Å². The summed E-state index contributed by atoms with van der Waals surface area (Å²) < 4.78 is 0. The maximum atomic E-state index is 12.3. The van der Waals surface area contributed by atoms with E-state index in [1.54, 1.807) is 12.4 Å². The zero-order valence-corrected chi connectivity index (χ0v) is 11.4. The second-order valence-electron chi connectivity index (χ2n) is 4.63. The molecule has 2 aromatic heterocycles. The molecule has 0 aromatic carbocycles. The minimum atomic E-state index is 0.0612. The van der Waals surface area contributed by atoms with Crippen molar-refractivity contribution in [1.29, 1.82) is 0 Å². The molecule has 98 valence electrons. The molecule has 3 rings (SSSR count). The lowest BCUT2D eigenvalue weighted by molar-refractivity contribution is 0.0719. The molecule has 1 amide bonds. The number of carbonyl (C=O) groups excluding carboxylic acids is 1. The highest BCUT2D eigenvalue weighted by Gasteiger charge is 2.20. The van der Waals surface area contributed by atoms with Crippen LogP contribution in [0.4, 0.5) is 0 Å². The Bertz CT molecular complexity index is 561. The third kappa shape index (κ3) is 2.66. The molecule has 19 heavy (non-hydrogen) atoms. The number of hydrogen-bond acceptors (Lipinski definition) is 4. The van der Waals surface area contributed by atoms with Gasteiger partial charge in [-0.3, -0.25) is 9.78 Å². The van der Waals surface area contributed by atoms with Gasteiger partial charge in [0.25, 0.3) is 5.91 Å². The molecule has 0 spiro atoms. The van der Waals surface area contributed by atoms with E-state index in [9.17, 15) is 4.79 Å². The SMILES string of the molecule is O=C(c1csc(-c2cccnc2)n1)N1CCCCC1. The molecule has 1 saturated heterocycles. The average molecular weight is 273 g/mol. The molecule has 0 atom stereocenters. The van der Waals surface area contributed by atoms with Gasteiger partial charge in [-0.2, -0.15) is 0 Å². The molecule has 0 bridgehead atoms. The standard InChI is InChI=1S/C14H15N3OS/c18-14(17-7-2-1-3-8-17)12-10-19-13(16-12)11-5-4-6-15-9-11/h4-6,9-10H,1-3,7-8H2. The van der Waals surface area contributed by atoms with Crippen molar-refractivity contribution in [3.8, 4) is 10.6 Å². The zero-order valence-electron chi connectivity index (χ0n) is 10.6. The smallest absolute Gasteiger partial charge is 0.273 e. The van der Waals surface area contributed by atoms with E-state index in [4.69, 9.17) is 0 Å². The quantitative estimate of drug-likeness (QED) is 0.845. The molecular weight excluding hydrogens is 258 g/mol. The van der Waals surface area contributed by atoms with E-state index in [1.807, 2.05) is 22.4 Å². The zero-order chi connectivity index (χ0) is 13.1. The van der Waals surface area contributed by atoms with Crippen molar-refractivity contribution >= 4 is 17.2 Å². The molecule has 0 radical (unpaired) electrons. The van der Waals surface area contributed by atoms with Crippen LogP contribution in [0.2, 0.25) is 0 Å². The van der Waals surface area contributed by atoms with Gasteiger partial charge in [-0.1, -0.05) is 0 Å².